The van der Waals surface area contributed by atoms with Gasteiger partial charge in [0.15, 0.2) is 0 Å². The maximum Gasteiger partial charge on any atom is 0.235 e. The first kappa shape index (κ1) is 17.2. The molecule has 0 aliphatic carbocycles. The summed E-state index contributed by atoms with van der Waals surface area (Å²) in [5.41, 5.74) is 2.07. The zero-order valence-electron chi connectivity index (χ0n) is 14.9. The average molecular weight is 366 g/mol. The van der Waals surface area contributed by atoms with Gasteiger partial charge in [-0.15, -0.1) is 11.8 Å². The first-order valence-electron chi connectivity index (χ1n) is 9.16. The molecule has 26 heavy (non-hydrogen) atoms. The van der Waals surface area contributed by atoms with Crippen LogP contribution >= 0.6 is 11.8 Å². The molecule has 1 fully saturated rings. The lowest BCUT2D eigenvalue weighted by atomic mass is 9.97. The largest absolute Gasteiger partial charge is 0.342 e. The number of hydrogen-bond acceptors (Lipinski definition) is 3. The summed E-state index contributed by atoms with van der Waals surface area (Å²) in [6.45, 7) is 3.60. The molecule has 1 saturated heterocycles. The minimum absolute atomic E-state index is 0.0770. The van der Waals surface area contributed by atoms with E-state index in [1.165, 1.54) is 0 Å². The van der Waals surface area contributed by atoms with Crippen molar-refractivity contribution in [1.29, 1.82) is 0 Å². The van der Waals surface area contributed by atoms with Gasteiger partial charge in [0, 0.05) is 23.9 Å². The van der Waals surface area contributed by atoms with Gasteiger partial charge in [-0.3, -0.25) is 4.79 Å². The quantitative estimate of drug-likeness (QED) is 0.695. The Labute approximate surface area is 158 Å². The lowest BCUT2D eigenvalue weighted by Crippen LogP contribution is -2.42. The number of rotatable bonds is 4. The Bertz CT molecular complexity index is 859. The highest BCUT2D eigenvalue weighted by Crippen LogP contribution is 2.29. The molecule has 3 aromatic rings. The van der Waals surface area contributed by atoms with Gasteiger partial charge < -0.3 is 9.88 Å². The summed E-state index contributed by atoms with van der Waals surface area (Å²) in [5, 5.41) is -0.0770. The Kier molecular flexibility index (Phi) is 4.98. The highest BCUT2D eigenvalue weighted by molar-refractivity contribution is 8.00. The van der Waals surface area contributed by atoms with Crippen molar-refractivity contribution < 1.29 is 4.79 Å². The number of nitrogens with zero attached hydrogens (tertiary/aromatic N) is 2. The number of imidazole rings is 1. The van der Waals surface area contributed by atoms with Gasteiger partial charge in [0.05, 0.1) is 16.3 Å². The molecule has 2 heterocycles. The molecule has 0 radical (unpaired) electrons. The molecule has 134 valence electrons. The Morgan fingerprint density at radius 3 is 2.77 bits per heavy atom. The maximum atomic E-state index is 12.9. The van der Waals surface area contributed by atoms with Crippen LogP contribution in [0.25, 0.3) is 11.0 Å². The summed E-state index contributed by atoms with van der Waals surface area (Å²) >= 11 is 1.63. The number of likely N-dealkylation sites (tertiary alicyclic amines) is 1. The number of carbonyl (C=O) groups is 1. The molecule has 1 aliphatic heterocycles. The first-order chi connectivity index (χ1) is 12.7. The molecule has 0 bridgehead atoms. The number of para-hydroxylation sites is 2. The van der Waals surface area contributed by atoms with E-state index in [4.69, 9.17) is 4.98 Å². The van der Waals surface area contributed by atoms with Crippen molar-refractivity contribution in [1.82, 2.24) is 14.9 Å². The predicted molar refractivity (Wildman–Crippen MR) is 106 cm³/mol. The van der Waals surface area contributed by atoms with Crippen LogP contribution in [-0.4, -0.2) is 39.1 Å². The highest BCUT2D eigenvalue weighted by atomic mass is 32.2. The summed E-state index contributed by atoms with van der Waals surface area (Å²) in [5.74, 6) is 1.51. The second-order valence-electron chi connectivity index (χ2n) is 6.84. The molecule has 4 rings (SSSR count). The zero-order chi connectivity index (χ0) is 17.9. The molecular weight excluding hydrogens is 342 g/mol. The van der Waals surface area contributed by atoms with Gasteiger partial charge in [-0.2, -0.15) is 0 Å². The van der Waals surface area contributed by atoms with Gasteiger partial charge >= 0.3 is 0 Å². The minimum Gasteiger partial charge on any atom is -0.342 e. The zero-order valence-corrected chi connectivity index (χ0v) is 15.7. The van der Waals surface area contributed by atoms with Crippen LogP contribution in [0, 0.1) is 0 Å². The van der Waals surface area contributed by atoms with Crippen LogP contribution in [0.15, 0.2) is 59.5 Å². The molecule has 2 atom stereocenters. The predicted octanol–water partition coefficient (Wildman–Crippen LogP) is 4.45. The fraction of sp³-hybridized carbons (Fsp3) is 0.333. The number of amides is 1. The molecule has 2 aromatic carbocycles. The monoisotopic (exact) mass is 365 g/mol. The molecule has 1 aliphatic rings. The second kappa shape index (κ2) is 7.54. The van der Waals surface area contributed by atoms with Gasteiger partial charge in [-0.05, 0) is 44.0 Å². The third-order valence-corrected chi connectivity index (χ3v) is 6.03. The number of carbonyl (C=O) groups excluding carboxylic acids is 1. The molecule has 0 spiro atoms. The van der Waals surface area contributed by atoms with Gasteiger partial charge in [0.2, 0.25) is 5.91 Å². The van der Waals surface area contributed by atoms with Crippen LogP contribution in [0.2, 0.25) is 0 Å². The molecule has 0 saturated carbocycles. The minimum atomic E-state index is -0.0770. The van der Waals surface area contributed by atoms with E-state index >= 15 is 0 Å². The number of benzene rings is 2. The molecule has 1 aromatic heterocycles. The molecule has 1 N–H and O–H groups in total. The number of hydrogen-bond donors (Lipinski definition) is 1. The van der Waals surface area contributed by atoms with E-state index in [1.54, 1.807) is 11.8 Å². The van der Waals surface area contributed by atoms with Gasteiger partial charge in [0.25, 0.3) is 0 Å². The number of aromatic nitrogens is 2. The van der Waals surface area contributed by atoms with Gasteiger partial charge in [0.1, 0.15) is 5.82 Å². The molecular formula is C21H23N3OS. The summed E-state index contributed by atoms with van der Waals surface area (Å²) in [6, 6.07) is 18.2. The molecule has 5 heteroatoms. The fourth-order valence-electron chi connectivity index (χ4n) is 3.58. The van der Waals surface area contributed by atoms with Crippen molar-refractivity contribution in [3.63, 3.8) is 0 Å². The van der Waals surface area contributed by atoms with Crippen molar-refractivity contribution in [2.45, 2.75) is 35.8 Å². The summed E-state index contributed by atoms with van der Waals surface area (Å²) in [7, 11) is 0. The third-order valence-electron chi connectivity index (χ3n) is 4.93. The van der Waals surface area contributed by atoms with Crippen LogP contribution in [0.5, 0.6) is 0 Å². The van der Waals surface area contributed by atoms with E-state index < -0.39 is 0 Å². The topological polar surface area (TPSA) is 49.0 Å². The van der Waals surface area contributed by atoms with Crippen LogP contribution in [0.4, 0.5) is 0 Å². The lowest BCUT2D eigenvalue weighted by Gasteiger charge is -2.33. The fourth-order valence-corrected chi connectivity index (χ4v) is 4.55. The van der Waals surface area contributed by atoms with Gasteiger partial charge in [-0.25, -0.2) is 4.98 Å². The smallest absolute Gasteiger partial charge is 0.235 e. The molecule has 1 amide bonds. The first-order valence-corrected chi connectivity index (χ1v) is 10.0. The Morgan fingerprint density at radius 2 is 1.96 bits per heavy atom. The van der Waals surface area contributed by atoms with Crippen LogP contribution < -0.4 is 0 Å². The second-order valence-corrected chi connectivity index (χ2v) is 8.25. The number of aromatic amines is 1. The summed E-state index contributed by atoms with van der Waals surface area (Å²) < 4.78 is 0. The number of H-pyrrole nitrogens is 1. The van der Waals surface area contributed by atoms with E-state index in [0.29, 0.717) is 0 Å². The van der Waals surface area contributed by atoms with Crippen molar-refractivity contribution in [2.75, 3.05) is 13.1 Å². The Hall–Kier alpha value is -2.27. The van der Waals surface area contributed by atoms with E-state index in [9.17, 15) is 4.79 Å². The van der Waals surface area contributed by atoms with E-state index in [1.807, 2.05) is 48.2 Å². The van der Waals surface area contributed by atoms with Crippen molar-refractivity contribution in [3.8, 4) is 0 Å². The van der Waals surface area contributed by atoms with Crippen molar-refractivity contribution >= 4 is 28.7 Å². The van der Waals surface area contributed by atoms with Crippen molar-refractivity contribution in [3.05, 3.63) is 60.4 Å². The van der Waals surface area contributed by atoms with E-state index in [2.05, 4.69) is 23.2 Å². The van der Waals surface area contributed by atoms with Crippen LogP contribution in [-0.2, 0) is 4.79 Å². The molecule has 0 unspecified atom stereocenters. The normalized spacial score (nSPS) is 18.8. The third kappa shape index (κ3) is 3.63. The number of nitrogens with one attached hydrogen (secondary N) is 1. The van der Waals surface area contributed by atoms with Gasteiger partial charge in [-0.1, -0.05) is 30.3 Å². The number of fused-ring (bicyclic) bond motifs is 1. The average Bonchev–Trinajstić information content (AvgIpc) is 3.12. The highest BCUT2D eigenvalue weighted by Gasteiger charge is 2.29. The van der Waals surface area contributed by atoms with Crippen molar-refractivity contribution in [2.24, 2.45) is 0 Å². The van der Waals surface area contributed by atoms with Crippen LogP contribution in [0.3, 0.4) is 0 Å². The number of thioether (sulfide) groups is 1. The summed E-state index contributed by atoms with van der Waals surface area (Å²) in [4.78, 5) is 24.3. The lowest BCUT2D eigenvalue weighted by molar-refractivity contribution is -0.131. The maximum absolute atomic E-state index is 12.9. The standard InChI is InChI=1S/C21H23N3OS/c1-15(26-17-9-3-2-4-10-17)21(25)24-13-7-8-16(14-24)20-22-18-11-5-6-12-19(18)23-20/h2-6,9-12,15-16H,7-8,13-14H2,1H3,(H,22,23)/t15-,16-/m1/s1. The summed E-state index contributed by atoms with van der Waals surface area (Å²) in [6.07, 6.45) is 2.10. The SMILES string of the molecule is C[C@@H](Sc1ccccc1)C(=O)N1CCC[C@@H](c2nc3ccccc3[nH]2)C1. The van der Waals surface area contributed by atoms with Crippen LogP contribution in [0.1, 0.15) is 31.5 Å². The Morgan fingerprint density at radius 1 is 1.19 bits per heavy atom. The van der Waals surface area contributed by atoms with E-state index in [0.717, 1.165) is 47.7 Å². The molecule has 4 nitrogen and oxygen atoms in total. The Balaban J connectivity index is 1.44. The number of piperidine rings is 1. The van der Waals surface area contributed by atoms with E-state index in [-0.39, 0.29) is 17.1 Å².